The first-order valence-corrected chi connectivity index (χ1v) is 6.09. The van der Waals surface area contributed by atoms with Gasteiger partial charge in [-0.05, 0) is 6.42 Å². The van der Waals surface area contributed by atoms with E-state index in [4.69, 9.17) is 18.0 Å². The summed E-state index contributed by atoms with van der Waals surface area (Å²) in [5, 5.41) is 0. The molecular weight excluding hydrogens is 294 g/mol. The van der Waals surface area contributed by atoms with E-state index in [-0.39, 0.29) is 22.4 Å². The zero-order valence-corrected chi connectivity index (χ0v) is 11.3. The van der Waals surface area contributed by atoms with Crippen molar-refractivity contribution in [3.8, 4) is 0 Å². The third-order valence-electron chi connectivity index (χ3n) is 1.74. The van der Waals surface area contributed by atoms with Gasteiger partial charge in [0.1, 0.15) is 4.32 Å². The molecule has 0 rings (SSSR count). The molecule has 83 valence electrons. The zero-order chi connectivity index (χ0) is 9.23. The van der Waals surface area contributed by atoms with E-state index in [0.717, 1.165) is 5.75 Å². The first-order chi connectivity index (χ1) is 5.77. The summed E-state index contributed by atoms with van der Waals surface area (Å²) in [7, 11) is 0. The zero-order valence-electron chi connectivity index (χ0n) is 8.15. The third kappa shape index (κ3) is 15.7. The van der Waals surface area contributed by atoms with Gasteiger partial charge in [0.2, 0.25) is 0 Å². The van der Waals surface area contributed by atoms with Gasteiger partial charge >= 0.3 is 0 Å². The number of thioether (sulfide) groups is 1. The van der Waals surface area contributed by atoms with Crippen LogP contribution in [0.1, 0.15) is 45.4 Å². The summed E-state index contributed by atoms with van der Waals surface area (Å²) in [6, 6.07) is 0. The van der Waals surface area contributed by atoms with Gasteiger partial charge in [0.15, 0.2) is 0 Å². The summed E-state index contributed by atoms with van der Waals surface area (Å²) in [4.78, 5) is 0. The molecule has 2 N–H and O–H groups in total. The van der Waals surface area contributed by atoms with Gasteiger partial charge in [-0.15, -0.1) is 0 Å². The van der Waals surface area contributed by atoms with Crippen LogP contribution in [0.4, 0.5) is 0 Å². The van der Waals surface area contributed by atoms with Crippen molar-refractivity contribution in [2.75, 3.05) is 5.75 Å². The van der Waals surface area contributed by atoms with Crippen LogP contribution < -0.4 is 5.73 Å². The fourth-order valence-electron chi connectivity index (χ4n) is 1.06. The Labute approximate surface area is 107 Å². The predicted molar refractivity (Wildman–Crippen MR) is 62.6 cm³/mol. The minimum atomic E-state index is 0. The standard InChI is InChI=1S/C9H19NS2.Ag/c1-2-3-4-5-6-7-8-12-9(10)11;/h2-8H2,1H3,(H2,10,11);. The Morgan fingerprint density at radius 3 is 2.23 bits per heavy atom. The molecule has 0 aliphatic heterocycles. The predicted octanol–water partition coefficient (Wildman–Crippen LogP) is 3.32. The molecule has 0 aromatic carbocycles. The van der Waals surface area contributed by atoms with Gasteiger partial charge in [-0.3, -0.25) is 0 Å². The van der Waals surface area contributed by atoms with Crippen LogP contribution in [0.5, 0.6) is 0 Å². The van der Waals surface area contributed by atoms with Gasteiger partial charge in [0.05, 0.1) is 0 Å². The van der Waals surface area contributed by atoms with E-state index in [0.29, 0.717) is 4.32 Å². The molecule has 0 aromatic heterocycles. The number of rotatable bonds is 7. The Bertz CT molecular complexity index is 120. The van der Waals surface area contributed by atoms with Crippen LogP contribution in [-0.4, -0.2) is 10.1 Å². The van der Waals surface area contributed by atoms with Crippen molar-refractivity contribution in [1.29, 1.82) is 0 Å². The maximum absolute atomic E-state index is 5.35. The third-order valence-corrected chi connectivity index (χ3v) is 2.87. The van der Waals surface area contributed by atoms with Crippen molar-refractivity contribution >= 4 is 28.3 Å². The molecule has 1 radical (unpaired) electrons. The summed E-state index contributed by atoms with van der Waals surface area (Å²) in [5.74, 6) is 1.10. The van der Waals surface area contributed by atoms with Gasteiger partial charge in [-0.2, -0.15) is 0 Å². The van der Waals surface area contributed by atoms with Gasteiger partial charge in [0.25, 0.3) is 0 Å². The van der Waals surface area contributed by atoms with Gasteiger partial charge < -0.3 is 5.73 Å². The molecule has 0 heterocycles. The molecule has 1 nitrogen and oxygen atoms in total. The Balaban J connectivity index is 0. The first-order valence-electron chi connectivity index (χ1n) is 4.69. The summed E-state index contributed by atoms with van der Waals surface area (Å²) >= 11 is 6.36. The minimum absolute atomic E-state index is 0. The van der Waals surface area contributed by atoms with E-state index in [1.165, 1.54) is 38.5 Å². The molecular formula is C9H19AgNS2. The fraction of sp³-hybridized carbons (Fsp3) is 0.889. The molecule has 13 heavy (non-hydrogen) atoms. The van der Waals surface area contributed by atoms with Crippen molar-refractivity contribution in [1.82, 2.24) is 0 Å². The van der Waals surface area contributed by atoms with Crippen LogP contribution in [0, 0.1) is 0 Å². The van der Waals surface area contributed by atoms with E-state index >= 15 is 0 Å². The first kappa shape index (κ1) is 16.4. The van der Waals surface area contributed by atoms with E-state index in [9.17, 15) is 0 Å². The van der Waals surface area contributed by atoms with E-state index < -0.39 is 0 Å². The molecule has 0 saturated carbocycles. The molecule has 0 saturated heterocycles. The topological polar surface area (TPSA) is 26.0 Å². The molecule has 0 aromatic rings. The monoisotopic (exact) mass is 312 g/mol. The normalized spacial score (nSPS) is 9.31. The Morgan fingerprint density at radius 2 is 1.69 bits per heavy atom. The summed E-state index contributed by atoms with van der Waals surface area (Å²) in [6.45, 7) is 2.24. The van der Waals surface area contributed by atoms with Crippen molar-refractivity contribution < 1.29 is 22.4 Å². The maximum atomic E-state index is 5.35. The van der Waals surface area contributed by atoms with Gasteiger partial charge in [0, 0.05) is 28.1 Å². The SMILES string of the molecule is CCCCCCCCSC(N)=S.[Ag]. The molecule has 0 amide bonds. The number of hydrogen-bond acceptors (Lipinski definition) is 2. The second-order valence-corrected chi connectivity index (χ2v) is 4.77. The molecule has 0 aliphatic carbocycles. The molecule has 0 aliphatic rings. The van der Waals surface area contributed by atoms with Crippen molar-refractivity contribution in [2.24, 2.45) is 5.73 Å². The smallest absolute Gasteiger partial charge is 0.131 e. The van der Waals surface area contributed by atoms with E-state index in [1.807, 2.05) is 0 Å². The Morgan fingerprint density at radius 1 is 1.15 bits per heavy atom. The number of unbranched alkanes of at least 4 members (excludes halogenated alkanes) is 5. The average Bonchev–Trinajstić information content (AvgIpc) is 2.02. The van der Waals surface area contributed by atoms with Crippen molar-refractivity contribution in [3.05, 3.63) is 0 Å². The summed E-state index contributed by atoms with van der Waals surface area (Å²) in [6.07, 6.45) is 8.03. The second kappa shape index (κ2) is 13.0. The maximum Gasteiger partial charge on any atom is 0.131 e. The van der Waals surface area contributed by atoms with E-state index in [1.54, 1.807) is 11.8 Å². The van der Waals surface area contributed by atoms with Crippen LogP contribution in [0.25, 0.3) is 0 Å². The Kier molecular flexibility index (Phi) is 16.4. The van der Waals surface area contributed by atoms with Crippen LogP contribution in [0.2, 0.25) is 0 Å². The van der Waals surface area contributed by atoms with Crippen LogP contribution >= 0.6 is 24.0 Å². The molecule has 0 fully saturated rings. The van der Waals surface area contributed by atoms with Crippen LogP contribution in [0.3, 0.4) is 0 Å². The molecule has 0 bridgehead atoms. The van der Waals surface area contributed by atoms with E-state index in [2.05, 4.69) is 6.92 Å². The summed E-state index contributed by atoms with van der Waals surface area (Å²) in [5.41, 5.74) is 5.35. The number of thiocarbonyl (C=S) groups is 1. The minimum Gasteiger partial charge on any atom is -0.385 e. The number of hydrogen-bond donors (Lipinski definition) is 1. The molecule has 0 unspecified atom stereocenters. The molecule has 0 spiro atoms. The Hall–Kier alpha value is 0.980. The average molecular weight is 313 g/mol. The van der Waals surface area contributed by atoms with Crippen LogP contribution in [0.15, 0.2) is 0 Å². The van der Waals surface area contributed by atoms with Crippen molar-refractivity contribution in [3.63, 3.8) is 0 Å². The quantitative estimate of drug-likeness (QED) is 0.444. The molecule has 0 atom stereocenters. The van der Waals surface area contributed by atoms with Gasteiger partial charge in [-0.1, -0.05) is 63.0 Å². The largest absolute Gasteiger partial charge is 0.385 e. The van der Waals surface area contributed by atoms with Crippen LogP contribution in [-0.2, 0) is 22.4 Å². The van der Waals surface area contributed by atoms with Gasteiger partial charge in [-0.25, -0.2) is 0 Å². The fourth-order valence-corrected chi connectivity index (χ4v) is 1.85. The van der Waals surface area contributed by atoms with Crippen molar-refractivity contribution in [2.45, 2.75) is 45.4 Å². The molecule has 4 heteroatoms. The second-order valence-electron chi connectivity index (χ2n) is 2.94. The number of nitrogens with two attached hydrogens (primary N) is 1. The summed E-state index contributed by atoms with van der Waals surface area (Å²) < 4.78 is 0.587.